The van der Waals surface area contributed by atoms with Crippen LogP contribution < -0.4 is 0 Å². The van der Waals surface area contributed by atoms with Crippen molar-refractivity contribution in [2.24, 2.45) is 0 Å². The van der Waals surface area contributed by atoms with Gasteiger partial charge < -0.3 is 9.64 Å². The minimum absolute atomic E-state index is 0.0807. The molecule has 1 fully saturated rings. The van der Waals surface area contributed by atoms with E-state index in [0.29, 0.717) is 19.7 Å². The van der Waals surface area contributed by atoms with E-state index < -0.39 is 0 Å². The Balaban J connectivity index is 1.40. The Kier molecular flexibility index (Phi) is 5.30. The van der Waals surface area contributed by atoms with Gasteiger partial charge in [-0.3, -0.25) is 4.79 Å². The molecule has 28 heavy (non-hydrogen) atoms. The third-order valence-corrected chi connectivity index (χ3v) is 4.66. The molecule has 1 aromatic heterocycles. The number of rotatable bonds is 4. The van der Waals surface area contributed by atoms with Crippen molar-refractivity contribution in [3.63, 3.8) is 0 Å². The highest BCUT2D eigenvalue weighted by atomic mass is 19.1. The SMILES string of the molecule is O=C(/C=C/c1cnn(-c2ccccc2)c1)N1CCOC(c2ccc(F)cc2)C1. The fraction of sp³-hybridized carbons (Fsp3) is 0.182. The lowest BCUT2D eigenvalue weighted by Gasteiger charge is -2.32. The molecular formula is C22H20FN3O2. The van der Waals surface area contributed by atoms with Crippen LogP contribution in [0.5, 0.6) is 0 Å². The molecule has 0 saturated carbocycles. The van der Waals surface area contributed by atoms with Crippen LogP contribution >= 0.6 is 0 Å². The van der Waals surface area contributed by atoms with E-state index in [1.807, 2.05) is 36.5 Å². The van der Waals surface area contributed by atoms with E-state index in [1.165, 1.54) is 12.1 Å². The Morgan fingerprint density at radius 1 is 1.14 bits per heavy atom. The largest absolute Gasteiger partial charge is 0.370 e. The Hall–Kier alpha value is -3.25. The number of benzene rings is 2. The summed E-state index contributed by atoms with van der Waals surface area (Å²) in [5.74, 6) is -0.366. The smallest absolute Gasteiger partial charge is 0.246 e. The van der Waals surface area contributed by atoms with Gasteiger partial charge in [0, 0.05) is 24.4 Å². The van der Waals surface area contributed by atoms with E-state index in [4.69, 9.17) is 4.74 Å². The average Bonchev–Trinajstić information content (AvgIpc) is 3.22. The fourth-order valence-corrected chi connectivity index (χ4v) is 3.15. The maximum absolute atomic E-state index is 13.1. The van der Waals surface area contributed by atoms with Crippen LogP contribution in [0, 0.1) is 5.82 Å². The van der Waals surface area contributed by atoms with Gasteiger partial charge in [0.25, 0.3) is 0 Å². The van der Waals surface area contributed by atoms with Crippen LogP contribution in [0.3, 0.4) is 0 Å². The molecule has 1 amide bonds. The topological polar surface area (TPSA) is 47.4 Å². The molecule has 3 aromatic rings. The Morgan fingerprint density at radius 2 is 1.93 bits per heavy atom. The highest BCUT2D eigenvalue weighted by molar-refractivity contribution is 5.91. The van der Waals surface area contributed by atoms with Gasteiger partial charge in [0.1, 0.15) is 11.9 Å². The number of ether oxygens (including phenoxy) is 1. The van der Waals surface area contributed by atoms with Crippen molar-refractivity contribution in [3.8, 4) is 5.69 Å². The van der Waals surface area contributed by atoms with Crippen LogP contribution in [0.4, 0.5) is 4.39 Å². The van der Waals surface area contributed by atoms with E-state index >= 15 is 0 Å². The molecule has 1 unspecified atom stereocenters. The molecular weight excluding hydrogens is 357 g/mol. The molecule has 0 N–H and O–H groups in total. The molecule has 1 saturated heterocycles. The Bertz CT molecular complexity index is 967. The zero-order valence-electron chi connectivity index (χ0n) is 15.2. The number of halogens is 1. The summed E-state index contributed by atoms with van der Waals surface area (Å²) in [6, 6.07) is 16.0. The Morgan fingerprint density at radius 3 is 2.71 bits per heavy atom. The van der Waals surface area contributed by atoms with Crippen molar-refractivity contribution in [3.05, 3.63) is 90.0 Å². The molecule has 0 aliphatic carbocycles. The summed E-state index contributed by atoms with van der Waals surface area (Å²) in [4.78, 5) is 14.3. The normalized spacial score (nSPS) is 17.2. The summed E-state index contributed by atoms with van der Waals surface area (Å²) >= 11 is 0. The molecule has 1 aliphatic heterocycles. The molecule has 1 aliphatic rings. The monoisotopic (exact) mass is 377 g/mol. The maximum atomic E-state index is 13.1. The highest BCUT2D eigenvalue weighted by Crippen LogP contribution is 2.22. The average molecular weight is 377 g/mol. The van der Waals surface area contributed by atoms with Gasteiger partial charge in [-0.2, -0.15) is 5.10 Å². The number of hydrogen-bond donors (Lipinski definition) is 0. The van der Waals surface area contributed by atoms with Crippen molar-refractivity contribution >= 4 is 12.0 Å². The molecule has 2 aromatic carbocycles. The Labute approximate surface area is 162 Å². The molecule has 0 bridgehead atoms. The van der Waals surface area contributed by atoms with E-state index in [9.17, 15) is 9.18 Å². The molecule has 6 heteroatoms. The highest BCUT2D eigenvalue weighted by Gasteiger charge is 2.24. The van der Waals surface area contributed by atoms with Crippen LogP contribution in [0.1, 0.15) is 17.2 Å². The van der Waals surface area contributed by atoms with Gasteiger partial charge in [0.2, 0.25) is 5.91 Å². The summed E-state index contributed by atoms with van der Waals surface area (Å²) in [6.07, 6.45) is 6.67. The summed E-state index contributed by atoms with van der Waals surface area (Å²) in [5.41, 5.74) is 2.68. The van der Waals surface area contributed by atoms with Gasteiger partial charge in [0.05, 0.1) is 25.0 Å². The van der Waals surface area contributed by atoms with Crippen molar-refractivity contribution < 1.29 is 13.9 Å². The van der Waals surface area contributed by atoms with Crippen molar-refractivity contribution in [1.29, 1.82) is 0 Å². The van der Waals surface area contributed by atoms with Crippen molar-refractivity contribution in [2.75, 3.05) is 19.7 Å². The van der Waals surface area contributed by atoms with E-state index in [2.05, 4.69) is 5.10 Å². The summed E-state index contributed by atoms with van der Waals surface area (Å²) in [5, 5.41) is 4.33. The first-order chi connectivity index (χ1) is 13.7. The zero-order valence-corrected chi connectivity index (χ0v) is 15.2. The first-order valence-corrected chi connectivity index (χ1v) is 9.13. The van der Waals surface area contributed by atoms with Gasteiger partial charge in [-0.05, 0) is 35.9 Å². The standard InChI is InChI=1S/C22H20FN3O2/c23-19-9-7-18(8-10-19)21-16-25(12-13-28-21)22(27)11-6-17-14-24-26(15-17)20-4-2-1-3-5-20/h1-11,14-15,21H,12-13,16H2/b11-6+. The number of carbonyl (C=O) groups excluding carboxylic acids is 1. The second kappa shape index (κ2) is 8.19. The van der Waals surface area contributed by atoms with Gasteiger partial charge in [0.15, 0.2) is 0 Å². The molecule has 0 spiro atoms. The van der Waals surface area contributed by atoms with Crippen LogP contribution in [-0.4, -0.2) is 40.3 Å². The predicted octanol–water partition coefficient (Wildman–Crippen LogP) is 3.62. The van der Waals surface area contributed by atoms with Gasteiger partial charge in [-0.15, -0.1) is 0 Å². The number of aromatic nitrogens is 2. The molecule has 2 heterocycles. The van der Waals surface area contributed by atoms with Gasteiger partial charge in [-0.1, -0.05) is 30.3 Å². The van der Waals surface area contributed by atoms with Gasteiger partial charge in [-0.25, -0.2) is 9.07 Å². The lowest BCUT2D eigenvalue weighted by Crippen LogP contribution is -2.41. The second-order valence-corrected chi connectivity index (χ2v) is 6.58. The van der Waals surface area contributed by atoms with Crippen LogP contribution in [0.2, 0.25) is 0 Å². The first kappa shape index (κ1) is 18.1. The van der Waals surface area contributed by atoms with E-state index in [1.54, 1.807) is 40.1 Å². The lowest BCUT2D eigenvalue weighted by atomic mass is 10.1. The van der Waals surface area contributed by atoms with Gasteiger partial charge >= 0.3 is 0 Å². The summed E-state index contributed by atoms with van der Waals surface area (Å²) < 4.78 is 20.6. The first-order valence-electron chi connectivity index (χ1n) is 9.13. The van der Waals surface area contributed by atoms with Crippen LogP contribution in [0.15, 0.2) is 73.1 Å². The quantitative estimate of drug-likeness (QED) is 0.653. The van der Waals surface area contributed by atoms with Crippen molar-refractivity contribution in [1.82, 2.24) is 14.7 Å². The lowest BCUT2D eigenvalue weighted by molar-refractivity contribution is -0.133. The fourth-order valence-electron chi connectivity index (χ4n) is 3.15. The van der Waals surface area contributed by atoms with E-state index in [-0.39, 0.29) is 17.8 Å². The van der Waals surface area contributed by atoms with Crippen LogP contribution in [-0.2, 0) is 9.53 Å². The number of carbonyl (C=O) groups is 1. The molecule has 142 valence electrons. The maximum Gasteiger partial charge on any atom is 0.246 e. The third kappa shape index (κ3) is 4.18. The molecule has 4 rings (SSSR count). The number of amides is 1. The number of hydrogen-bond acceptors (Lipinski definition) is 3. The molecule has 5 nitrogen and oxygen atoms in total. The minimum atomic E-state index is -0.286. The van der Waals surface area contributed by atoms with E-state index in [0.717, 1.165) is 16.8 Å². The number of nitrogens with zero attached hydrogens (tertiary/aromatic N) is 3. The molecule has 0 radical (unpaired) electrons. The predicted molar refractivity (Wildman–Crippen MR) is 104 cm³/mol. The number of para-hydroxylation sites is 1. The summed E-state index contributed by atoms with van der Waals surface area (Å²) in [7, 11) is 0. The second-order valence-electron chi connectivity index (χ2n) is 6.58. The zero-order chi connectivity index (χ0) is 19.3. The minimum Gasteiger partial charge on any atom is -0.370 e. The molecule has 1 atom stereocenters. The third-order valence-electron chi connectivity index (χ3n) is 4.66. The van der Waals surface area contributed by atoms with Crippen molar-refractivity contribution in [2.45, 2.75) is 6.10 Å². The van der Waals surface area contributed by atoms with Crippen LogP contribution in [0.25, 0.3) is 11.8 Å². The number of morpholine rings is 1. The summed E-state index contributed by atoms with van der Waals surface area (Å²) in [6.45, 7) is 1.43.